The normalized spacial score (nSPS) is 25.3. The largest absolute Gasteiger partial charge is 0.508 e. The summed E-state index contributed by atoms with van der Waals surface area (Å²) in [5.74, 6) is -18.3. The van der Waals surface area contributed by atoms with Crippen LogP contribution in [0.25, 0.3) is 10.9 Å². The number of phenols is 1. The number of amides is 15. The molecule has 3 fully saturated rings. The Labute approximate surface area is 719 Å². The van der Waals surface area contributed by atoms with Crippen LogP contribution < -0.4 is 69.1 Å². The van der Waals surface area contributed by atoms with Crippen LogP contribution in [0.2, 0.25) is 0 Å². The second-order valence-corrected chi connectivity index (χ2v) is 34.9. The van der Waals surface area contributed by atoms with Crippen molar-refractivity contribution in [2.24, 2.45) is 35.5 Å². The van der Waals surface area contributed by atoms with E-state index < -0.39 is 222 Å². The van der Waals surface area contributed by atoms with Gasteiger partial charge < -0.3 is 94.1 Å². The molecule has 3 saturated heterocycles. The highest BCUT2D eigenvalue weighted by atomic mass is 32.2. The highest BCUT2D eigenvalue weighted by Gasteiger charge is 2.47. The van der Waals surface area contributed by atoms with Gasteiger partial charge in [0.2, 0.25) is 82.7 Å². The van der Waals surface area contributed by atoms with Crippen molar-refractivity contribution in [3.05, 3.63) is 102 Å². The predicted octanol–water partition coefficient (Wildman–Crippen LogP) is 2.63. The van der Waals surface area contributed by atoms with Gasteiger partial charge in [0.15, 0.2) is 0 Å². The number of thioether (sulfide) groups is 1. The van der Waals surface area contributed by atoms with Crippen LogP contribution in [0.1, 0.15) is 158 Å². The van der Waals surface area contributed by atoms with Crippen molar-refractivity contribution in [1.82, 2.24) is 83.9 Å². The SMILES string of the molecule is CSCC[C@@H]1NC(=O)[C@H](C(C)C)NC(=O)[C@H](C(C)C)NC(=O)[C@H](Cc2ccc(O)cc2)NC(=O)[C@H](Cc2ccccc2)NC(=O)[C@@H]2CCCN2C(=O)[C@H]2CCCN2C(=O)[C@H](C(C)C)NC(=O)[C@H](C(C)C)NC(=O)[C@H](CCCCNC(=O)C(F)(F)F)NC(=O)[C@H](C(C)C)NC(=O)[C@H](CO)NC(=O)[C@H](CC(C)C)NC(=O)[C@H](Cc2c[nH]c3ccccc23)NC1=O. The molecule has 0 radical (unpaired) electrons. The molecule has 4 heterocycles. The van der Waals surface area contributed by atoms with E-state index in [0.29, 0.717) is 40.4 Å². The maximum Gasteiger partial charge on any atom is 0.471 e. The molecule has 15 amide bonds. The average molecular weight is 1740 g/mol. The van der Waals surface area contributed by atoms with Crippen LogP contribution >= 0.6 is 11.8 Å². The Kier molecular flexibility index (Phi) is 37.6. The first-order chi connectivity index (χ1) is 58.1. The molecule has 123 heavy (non-hydrogen) atoms. The molecule has 3 aromatic carbocycles. The van der Waals surface area contributed by atoms with Gasteiger partial charge in [-0.25, -0.2) is 0 Å². The molecule has 0 unspecified atom stereocenters. The van der Waals surface area contributed by atoms with Gasteiger partial charge in [0.25, 0.3) is 0 Å². The fourth-order valence-electron chi connectivity index (χ4n) is 15.1. The number of benzene rings is 3. The summed E-state index contributed by atoms with van der Waals surface area (Å²) in [6.07, 6.45) is -2.24. The van der Waals surface area contributed by atoms with Crippen LogP contribution in [-0.2, 0) is 91.2 Å². The summed E-state index contributed by atoms with van der Waals surface area (Å²) in [6.45, 7) is 18.0. The van der Waals surface area contributed by atoms with Crippen LogP contribution in [0.15, 0.2) is 85.1 Å². The lowest BCUT2D eigenvalue weighted by Gasteiger charge is -2.35. The zero-order valence-electron chi connectivity index (χ0n) is 72.1. The molecule has 3 aliphatic rings. The Morgan fingerprint density at radius 2 is 0.846 bits per heavy atom. The zero-order valence-corrected chi connectivity index (χ0v) is 72.9. The summed E-state index contributed by atoms with van der Waals surface area (Å²) < 4.78 is 39.7. The molecule has 14 atom stereocenters. The molecule has 0 spiro atoms. The van der Waals surface area contributed by atoms with Gasteiger partial charge in [0.05, 0.1) is 6.61 Å². The first-order valence-corrected chi connectivity index (χ1v) is 43.6. The van der Waals surface area contributed by atoms with Crippen molar-refractivity contribution in [1.29, 1.82) is 0 Å². The Hall–Kier alpha value is -10.9. The number of alkyl halides is 3. The van der Waals surface area contributed by atoms with E-state index in [1.807, 2.05) is 0 Å². The number of halogens is 3. The van der Waals surface area contributed by atoms with Crippen molar-refractivity contribution >= 4 is 111 Å². The van der Waals surface area contributed by atoms with E-state index in [1.54, 1.807) is 142 Å². The van der Waals surface area contributed by atoms with Crippen molar-refractivity contribution in [3.8, 4) is 5.75 Å². The number of aliphatic hydroxyl groups excluding tert-OH is 1. The summed E-state index contributed by atoms with van der Waals surface area (Å²) >= 11 is 1.33. The number of aromatic hydroxyl groups is 1. The first-order valence-electron chi connectivity index (χ1n) is 42.2. The van der Waals surface area contributed by atoms with Crippen LogP contribution in [0.3, 0.4) is 0 Å². The number of hydrogen-bond acceptors (Lipinski definition) is 18. The third-order valence-electron chi connectivity index (χ3n) is 22.0. The van der Waals surface area contributed by atoms with E-state index in [9.17, 15) is 66.5 Å². The number of aromatic nitrogens is 1. The highest BCUT2D eigenvalue weighted by Crippen LogP contribution is 2.29. The number of para-hydroxylation sites is 1. The van der Waals surface area contributed by atoms with E-state index >= 15 is 28.8 Å². The zero-order chi connectivity index (χ0) is 90.9. The number of fused-ring (bicyclic) bond motifs is 3. The van der Waals surface area contributed by atoms with Gasteiger partial charge in [0, 0.05) is 56.0 Å². The van der Waals surface area contributed by atoms with E-state index in [4.69, 9.17) is 0 Å². The number of aliphatic hydroxyl groups is 1. The minimum absolute atomic E-state index is 0.0240. The molecule has 0 bridgehead atoms. The lowest BCUT2D eigenvalue weighted by atomic mass is 9.98. The van der Waals surface area contributed by atoms with Crippen molar-refractivity contribution in [2.75, 3.05) is 38.2 Å². The van der Waals surface area contributed by atoms with Gasteiger partial charge in [-0.15, -0.1) is 0 Å². The molecule has 4 aromatic rings. The number of carbonyl (C=O) groups is 15. The topological polar surface area (TPSA) is 475 Å². The van der Waals surface area contributed by atoms with Gasteiger partial charge in [-0.05, 0) is 140 Å². The molecule has 16 N–H and O–H groups in total. The lowest BCUT2D eigenvalue weighted by molar-refractivity contribution is -0.173. The molecule has 37 heteroatoms. The molecular weight excluding hydrogens is 1620 g/mol. The maximum atomic E-state index is 15.2. The Morgan fingerprint density at radius 3 is 1.36 bits per heavy atom. The number of nitrogens with zero attached hydrogens (tertiary/aromatic N) is 2. The van der Waals surface area contributed by atoms with Crippen LogP contribution in [0, 0.1) is 35.5 Å². The standard InChI is InChI=1S/C86H123F3N16O17S/c1-45(2)39-59-73(110)98-63(44-106)77(114)101-66(46(3)4)79(116)92-57(27-19-20-35-90-85(122)86(87,88)89)72(109)99-69(49(9)10)82(119)103-70(50(11)12)84(121)105-37-22-29-65(105)83(120)104-36-21-28-64(104)78(115)97-60(40-51-23-15-14-16-24-51)74(111)95-61(41-52-30-32-54(107)33-31-52)76(113)100-68(48(7)8)81(118)102-67(47(5)6)80(117)93-58(34-38-123-13)71(108)96-62(75(112)94-59)42-53-43-91-56-26-18-17-25-55(53)56/h14-18,23-26,30-33,43,45-50,57-70,91,106-107H,19-22,27-29,34-42,44H2,1-13H3,(H,90,122)(H,92,116)(H,93,117)(H,94,112)(H,95,111)(H,96,108)(H,97,115)(H,98,110)(H,99,109)(H,100,113)(H,101,114)(H,102,118)(H,103,119)/t57-,58-,59-,60-,61-,62-,63-,64-,65+,66-,67-,68-,69-,70-/m0/s1. The third kappa shape index (κ3) is 28.6. The maximum absolute atomic E-state index is 15.2. The molecule has 0 aliphatic carbocycles. The second-order valence-electron chi connectivity index (χ2n) is 33.9. The monoisotopic (exact) mass is 1740 g/mol. The predicted molar refractivity (Wildman–Crippen MR) is 453 cm³/mol. The number of aromatic amines is 1. The van der Waals surface area contributed by atoms with Crippen molar-refractivity contribution in [2.45, 2.75) is 251 Å². The molecule has 1 aromatic heterocycles. The van der Waals surface area contributed by atoms with Gasteiger partial charge in [0.1, 0.15) is 90.3 Å². The van der Waals surface area contributed by atoms with Crippen LogP contribution in [0.5, 0.6) is 5.75 Å². The Balaban J connectivity index is 1.29. The fourth-order valence-corrected chi connectivity index (χ4v) is 15.5. The smallest absolute Gasteiger partial charge is 0.471 e. The van der Waals surface area contributed by atoms with Crippen LogP contribution in [-0.4, -0.2) is 243 Å². The molecule has 676 valence electrons. The fraction of sp³-hybridized carbons (Fsp3) is 0.593. The molecule has 7 rings (SSSR count). The van der Waals surface area contributed by atoms with Gasteiger partial charge in [-0.3, -0.25) is 71.9 Å². The summed E-state index contributed by atoms with van der Waals surface area (Å²) in [6, 6.07) is 1.16. The van der Waals surface area contributed by atoms with Crippen LogP contribution in [0.4, 0.5) is 13.2 Å². The number of rotatable bonds is 22. The Bertz CT molecular complexity index is 4340. The minimum Gasteiger partial charge on any atom is -0.508 e. The molecule has 3 aliphatic heterocycles. The number of unbranched alkanes of at least 4 members (excludes halogenated alkanes) is 1. The van der Waals surface area contributed by atoms with E-state index in [-0.39, 0.29) is 94.7 Å². The summed E-state index contributed by atoms with van der Waals surface area (Å²) in [5, 5.41) is 56.1. The van der Waals surface area contributed by atoms with E-state index in [2.05, 4.69) is 68.8 Å². The van der Waals surface area contributed by atoms with E-state index in [0.717, 1.165) is 0 Å². The quantitative estimate of drug-likeness (QED) is 0.0503. The van der Waals surface area contributed by atoms with Gasteiger partial charge in [-0.1, -0.05) is 144 Å². The molecular formula is C86H123F3N16O17S. The second kappa shape index (κ2) is 46.6. The van der Waals surface area contributed by atoms with Crippen molar-refractivity contribution < 1.29 is 95.3 Å². The molecule has 0 saturated carbocycles. The first kappa shape index (κ1) is 99.3. The number of carbonyl (C=O) groups excluding carboxylic acids is 15. The highest BCUT2D eigenvalue weighted by molar-refractivity contribution is 7.98. The lowest BCUT2D eigenvalue weighted by Crippen LogP contribution is -2.63. The number of nitrogens with one attached hydrogen (secondary N) is 14. The van der Waals surface area contributed by atoms with E-state index in [1.165, 1.54) is 59.7 Å². The summed E-state index contributed by atoms with van der Waals surface area (Å²) in [7, 11) is 0. The Morgan fingerprint density at radius 1 is 0.447 bits per heavy atom. The number of H-pyrrole nitrogens is 1. The number of hydrogen-bond donors (Lipinski definition) is 16. The third-order valence-corrected chi connectivity index (χ3v) is 22.7. The van der Waals surface area contributed by atoms with Gasteiger partial charge in [-0.2, -0.15) is 24.9 Å². The summed E-state index contributed by atoms with van der Waals surface area (Å²) in [5.41, 5.74) is 2.24. The number of phenolic OH excluding ortho intramolecular Hbond substituents is 1. The van der Waals surface area contributed by atoms with Crippen molar-refractivity contribution in [3.63, 3.8) is 0 Å². The van der Waals surface area contributed by atoms with Gasteiger partial charge >= 0.3 is 12.1 Å². The average Bonchev–Trinajstić information content (AvgIpc) is 1.67. The summed E-state index contributed by atoms with van der Waals surface area (Å²) in [4.78, 5) is 226. The minimum atomic E-state index is -5.22. The molecule has 33 nitrogen and oxygen atoms in total.